The maximum absolute atomic E-state index is 12.2. The molecule has 0 unspecified atom stereocenters. The molecule has 0 N–H and O–H groups in total. The van der Waals surface area contributed by atoms with Gasteiger partial charge in [-0.15, -0.1) is 0 Å². The number of ether oxygens (including phenoxy) is 1. The number of aromatic nitrogens is 3. The molecule has 1 aromatic carbocycles. The second kappa shape index (κ2) is 6.83. The first kappa shape index (κ1) is 15.7. The molecule has 2 aromatic rings. The number of esters is 1. The molecule has 0 radical (unpaired) electrons. The summed E-state index contributed by atoms with van der Waals surface area (Å²) in [7, 11) is 4.94. The van der Waals surface area contributed by atoms with Gasteiger partial charge < -0.3 is 4.74 Å². The van der Waals surface area contributed by atoms with Gasteiger partial charge in [-0.25, -0.2) is 9.78 Å². The van der Waals surface area contributed by atoms with Crippen LogP contribution in [0.25, 0.3) is 0 Å². The van der Waals surface area contributed by atoms with Gasteiger partial charge in [0.2, 0.25) is 0 Å². The third kappa shape index (κ3) is 3.30. The topological polar surface area (TPSA) is 84.0 Å². The zero-order valence-corrected chi connectivity index (χ0v) is 12.7. The highest BCUT2D eigenvalue weighted by atomic mass is 16.5. The fourth-order valence-corrected chi connectivity index (χ4v) is 2.24. The van der Waals surface area contributed by atoms with E-state index in [2.05, 4.69) is 16.2 Å². The van der Waals surface area contributed by atoms with Gasteiger partial charge in [0.15, 0.2) is 0 Å². The summed E-state index contributed by atoms with van der Waals surface area (Å²) in [6.07, 6.45) is 1.46. The third-order valence-corrected chi connectivity index (χ3v) is 3.39. The number of rotatable bonds is 5. The van der Waals surface area contributed by atoms with E-state index in [0.717, 1.165) is 5.82 Å². The lowest BCUT2D eigenvalue weighted by atomic mass is 10.0. The van der Waals surface area contributed by atoms with Crippen molar-refractivity contribution < 1.29 is 9.53 Å². The highest BCUT2D eigenvalue weighted by Crippen LogP contribution is 2.23. The van der Waals surface area contributed by atoms with Crippen LogP contribution in [0.5, 0.6) is 0 Å². The molecule has 0 aliphatic heterocycles. The molecular formula is C15H17N5O2. The number of aryl methyl sites for hydroxylation is 1. The van der Waals surface area contributed by atoms with E-state index in [-0.39, 0.29) is 5.97 Å². The van der Waals surface area contributed by atoms with E-state index in [1.807, 2.05) is 4.90 Å². The van der Waals surface area contributed by atoms with Crippen molar-refractivity contribution >= 4 is 5.97 Å². The standard InChI is InChI=1S/C15H17N5O2/c1-19(9-13-17-10-18-20(13)2)14(15(21)22-3)12-6-4-5-11(7-12)8-16/h4-7,10,14H,9H2,1-3H3/t14-/m0/s1. The Balaban J connectivity index is 2.31. The summed E-state index contributed by atoms with van der Waals surface area (Å²) in [6, 6.07) is 8.40. The molecule has 7 heteroatoms. The fourth-order valence-electron chi connectivity index (χ4n) is 2.24. The van der Waals surface area contributed by atoms with Gasteiger partial charge in [-0.2, -0.15) is 10.4 Å². The average Bonchev–Trinajstić information content (AvgIpc) is 2.92. The van der Waals surface area contributed by atoms with Crippen molar-refractivity contribution in [2.75, 3.05) is 14.2 Å². The molecule has 0 aliphatic rings. The van der Waals surface area contributed by atoms with Crippen LogP contribution in [-0.4, -0.2) is 39.8 Å². The van der Waals surface area contributed by atoms with Gasteiger partial charge in [-0.3, -0.25) is 9.58 Å². The van der Waals surface area contributed by atoms with Crippen molar-refractivity contribution in [3.8, 4) is 6.07 Å². The minimum absolute atomic E-state index is 0.389. The minimum atomic E-state index is -0.616. The van der Waals surface area contributed by atoms with Gasteiger partial charge in [0, 0.05) is 7.05 Å². The van der Waals surface area contributed by atoms with E-state index in [9.17, 15) is 4.79 Å². The van der Waals surface area contributed by atoms with Gasteiger partial charge in [0.1, 0.15) is 18.2 Å². The Morgan fingerprint density at radius 3 is 2.91 bits per heavy atom. The monoisotopic (exact) mass is 299 g/mol. The molecular weight excluding hydrogens is 282 g/mol. The summed E-state index contributed by atoms with van der Waals surface area (Å²) >= 11 is 0. The van der Waals surface area contributed by atoms with Crippen molar-refractivity contribution in [2.45, 2.75) is 12.6 Å². The fraction of sp³-hybridized carbons (Fsp3) is 0.333. The van der Waals surface area contributed by atoms with Crippen LogP contribution in [0.15, 0.2) is 30.6 Å². The number of carbonyl (C=O) groups is 1. The van der Waals surface area contributed by atoms with Crippen LogP contribution in [0.2, 0.25) is 0 Å². The third-order valence-electron chi connectivity index (χ3n) is 3.39. The highest BCUT2D eigenvalue weighted by Gasteiger charge is 2.27. The number of methoxy groups -OCH3 is 1. The summed E-state index contributed by atoms with van der Waals surface area (Å²) in [5.41, 5.74) is 1.20. The number of carbonyl (C=O) groups excluding carboxylic acids is 1. The van der Waals surface area contributed by atoms with Crippen LogP contribution >= 0.6 is 0 Å². The summed E-state index contributed by atoms with van der Waals surface area (Å²) in [5, 5.41) is 13.0. The molecule has 0 saturated carbocycles. The Bertz CT molecular complexity index is 704. The largest absolute Gasteiger partial charge is 0.468 e. The van der Waals surface area contributed by atoms with Crippen molar-refractivity contribution in [2.24, 2.45) is 7.05 Å². The summed E-state index contributed by atoms with van der Waals surface area (Å²) in [6.45, 7) is 0.424. The number of hydrogen-bond acceptors (Lipinski definition) is 6. The van der Waals surface area contributed by atoms with Gasteiger partial charge in [0.25, 0.3) is 0 Å². The Kier molecular flexibility index (Phi) is 4.86. The molecule has 0 bridgehead atoms. The molecule has 1 atom stereocenters. The second-order valence-corrected chi connectivity index (χ2v) is 4.88. The SMILES string of the molecule is COC(=O)[C@H](c1cccc(C#N)c1)N(C)Cc1ncnn1C. The average molecular weight is 299 g/mol. The molecule has 0 spiro atoms. The zero-order valence-electron chi connectivity index (χ0n) is 12.7. The lowest BCUT2D eigenvalue weighted by molar-refractivity contribution is -0.147. The van der Waals surface area contributed by atoms with E-state index in [4.69, 9.17) is 10.00 Å². The van der Waals surface area contributed by atoms with Crippen LogP contribution < -0.4 is 0 Å². The van der Waals surface area contributed by atoms with Gasteiger partial charge in [0.05, 0.1) is 25.3 Å². The number of hydrogen-bond donors (Lipinski definition) is 0. The van der Waals surface area contributed by atoms with Crippen LogP contribution in [0.1, 0.15) is 23.0 Å². The van der Waals surface area contributed by atoms with Crippen LogP contribution in [0.4, 0.5) is 0 Å². The molecule has 1 aromatic heterocycles. The van der Waals surface area contributed by atoms with Gasteiger partial charge >= 0.3 is 5.97 Å². The number of nitrogens with zero attached hydrogens (tertiary/aromatic N) is 5. The van der Waals surface area contributed by atoms with E-state index >= 15 is 0 Å². The maximum Gasteiger partial charge on any atom is 0.327 e. The number of benzene rings is 1. The molecule has 22 heavy (non-hydrogen) atoms. The summed E-state index contributed by atoms with van der Waals surface area (Å²) < 4.78 is 6.55. The lowest BCUT2D eigenvalue weighted by Crippen LogP contribution is -2.32. The van der Waals surface area contributed by atoms with Gasteiger partial charge in [-0.1, -0.05) is 12.1 Å². The lowest BCUT2D eigenvalue weighted by Gasteiger charge is -2.25. The first-order chi connectivity index (χ1) is 10.6. The van der Waals surface area contributed by atoms with E-state index < -0.39 is 6.04 Å². The first-order valence-electron chi connectivity index (χ1n) is 6.67. The van der Waals surface area contributed by atoms with Crippen LogP contribution in [0, 0.1) is 11.3 Å². The summed E-state index contributed by atoms with van der Waals surface area (Å²) in [5.74, 6) is 0.340. The van der Waals surface area contributed by atoms with Crippen molar-refractivity contribution in [3.05, 3.63) is 47.5 Å². The summed E-state index contributed by atoms with van der Waals surface area (Å²) in [4.78, 5) is 18.1. The molecule has 1 heterocycles. The highest BCUT2D eigenvalue weighted by molar-refractivity contribution is 5.77. The number of nitriles is 1. The minimum Gasteiger partial charge on any atom is -0.468 e. The van der Waals surface area contributed by atoms with Gasteiger partial charge in [-0.05, 0) is 24.7 Å². The molecule has 2 rings (SSSR count). The molecule has 0 aliphatic carbocycles. The quantitative estimate of drug-likeness (QED) is 0.767. The predicted molar refractivity (Wildman–Crippen MR) is 78.4 cm³/mol. The zero-order chi connectivity index (χ0) is 16.1. The van der Waals surface area contributed by atoms with E-state index in [1.165, 1.54) is 13.4 Å². The first-order valence-corrected chi connectivity index (χ1v) is 6.67. The van der Waals surface area contributed by atoms with Crippen molar-refractivity contribution in [3.63, 3.8) is 0 Å². The van der Waals surface area contributed by atoms with E-state index in [0.29, 0.717) is 17.7 Å². The Labute approximate surface area is 128 Å². The van der Waals surface area contributed by atoms with Crippen LogP contribution in [-0.2, 0) is 23.1 Å². The van der Waals surface area contributed by atoms with Crippen molar-refractivity contribution in [1.29, 1.82) is 5.26 Å². The molecule has 0 saturated heterocycles. The Hall–Kier alpha value is -2.72. The molecule has 114 valence electrons. The molecule has 0 fully saturated rings. The Morgan fingerprint density at radius 1 is 1.55 bits per heavy atom. The smallest absolute Gasteiger partial charge is 0.327 e. The van der Waals surface area contributed by atoms with Crippen molar-refractivity contribution in [1.82, 2.24) is 19.7 Å². The second-order valence-electron chi connectivity index (χ2n) is 4.88. The Morgan fingerprint density at radius 2 is 2.32 bits per heavy atom. The normalized spacial score (nSPS) is 12.0. The van der Waals surface area contributed by atoms with E-state index in [1.54, 1.807) is 43.0 Å². The number of likely N-dealkylation sites (N-methyl/N-ethyl adjacent to an activating group) is 1. The predicted octanol–water partition coefficient (Wildman–Crippen LogP) is 1.03. The van der Waals surface area contributed by atoms with Crippen LogP contribution in [0.3, 0.4) is 0 Å². The molecule has 0 amide bonds. The molecule has 7 nitrogen and oxygen atoms in total. The maximum atomic E-state index is 12.2.